The predicted molar refractivity (Wildman–Crippen MR) is 141 cm³/mol. The van der Waals surface area contributed by atoms with Gasteiger partial charge in [-0.2, -0.15) is 0 Å². The van der Waals surface area contributed by atoms with Crippen LogP contribution in [0.5, 0.6) is 0 Å². The first-order chi connectivity index (χ1) is 19.0. The van der Waals surface area contributed by atoms with Crippen LogP contribution in [0.4, 0.5) is 32.5 Å². The molecule has 2 N–H and O–H groups in total. The number of urea groups is 1. The maximum atomic E-state index is 13.4. The molecule has 1 unspecified atom stereocenters. The minimum absolute atomic E-state index is 0.166. The Morgan fingerprint density at radius 1 is 1.08 bits per heavy atom. The zero-order valence-corrected chi connectivity index (χ0v) is 21.2. The van der Waals surface area contributed by atoms with Gasteiger partial charge in [0.1, 0.15) is 12.1 Å². The average Bonchev–Trinajstić information content (AvgIpc) is 3.46. The van der Waals surface area contributed by atoms with Crippen molar-refractivity contribution in [3.63, 3.8) is 0 Å². The number of carbonyl (C=O) groups excluding carboxylic acids is 1. The molecule has 39 heavy (non-hydrogen) atoms. The number of anilines is 4. The summed E-state index contributed by atoms with van der Waals surface area (Å²) in [6, 6.07) is 8.58. The Labute approximate surface area is 223 Å². The zero-order chi connectivity index (χ0) is 26.8. The SMILES string of the molecule is CC1COCCN1c1nc(-c2ccc(NC(=O)Nc3ccon3)cc2)nc2c1CCN(c1ncc(F)cn1)C2. The van der Waals surface area contributed by atoms with Crippen LogP contribution in [-0.4, -0.2) is 63.5 Å². The normalized spacial score (nSPS) is 17.0. The molecule has 1 saturated heterocycles. The third kappa shape index (κ3) is 5.34. The summed E-state index contributed by atoms with van der Waals surface area (Å²) in [5, 5.41) is 9.02. The number of fused-ring (bicyclic) bond motifs is 1. The molecular weight excluding hydrogens is 505 g/mol. The van der Waals surface area contributed by atoms with E-state index in [9.17, 15) is 9.18 Å². The molecule has 3 aromatic heterocycles. The number of aromatic nitrogens is 5. The van der Waals surface area contributed by atoms with Gasteiger partial charge in [-0.05, 0) is 37.6 Å². The molecular formula is C26H26FN9O3. The molecule has 0 aliphatic carbocycles. The maximum Gasteiger partial charge on any atom is 0.324 e. The van der Waals surface area contributed by atoms with Crippen LogP contribution >= 0.6 is 0 Å². The van der Waals surface area contributed by atoms with Crippen molar-refractivity contribution in [3.8, 4) is 11.4 Å². The highest BCUT2D eigenvalue weighted by Crippen LogP contribution is 2.32. The second-order valence-electron chi connectivity index (χ2n) is 9.33. The van der Waals surface area contributed by atoms with Gasteiger partial charge in [0.25, 0.3) is 0 Å². The highest BCUT2D eigenvalue weighted by atomic mass is 19.1. The van der Waals surface area contributed by atoms with Gasteiger partial charge in [0, 0.05) is 36.0 Å². The number of nitrogens with zero attached hydrogens (tertiary/aromatic N) is 7. The molecule has 5 heterocycles. The Hall–Kier alpha value is -4.65. The molecule has 1 aromatic carbocycles. The van der Waals surface area contributed by atoms with E-state index in [4.69, 9.17) is 19.2 Å². The van der Waals surface area contributed by atoms with Crippen LogP contribution in [0.3, 0.4) is 0 Å². The Morgan fingerprint density at radius 3 is 2.64 bits per heavy atom. The molecule has 12 nitrogen and oxygen atoms in total. The number of amides is 2. The topological polar surface area (TPSA) is 134 Å². The number of hydrogen-bond acceptors (Lipinski definition) is 10. The van der Waals surface area contributed by atoms with Gasteiger partial charge in [0.2, 0.25) is 5.95 Å². The summed E-state index contributed by atoms with van der Waals surface area (Å²) in [6.45, 7) is 5.26. The van der Waals surface area contributed by atoms with Crippen molar-refractivity contribution in [1.29, 1.82) is 0 Å². The van der Waals surface area contributed by atoms with Gasteiger partial charge in [-0.1, -0.05) is 5.16 Å². The fourth-order valence-corrected chi connectivity index (χ4v) is 4.72. The van der Waals surface area contributed by atoms with E-state index in [1.54, 1.807) is 18.2 Å². The van der Waals surface area contributed by atoms with Gasteiger partial charge in [-0.3, -0.25) is 5.32 Å². The summed E-state index contributed by atoms with van der Waals surface area (Å²) < 4.78 is 23.8. The summed E-state index contributed by atoms with van der Waals surface area (Å²) >= 11 is 0. The first kappa shape index (κ1) is 24.7. The van der Waals surface area contributed by atoms with Crippen molar-refractivity contribution in [2.75, 3.05) is 46.7 Å². The smallest absolute Gasteiger partial charge is 0.324 e. The summed E-state index contributed by atoms with van der Waals surface area (Å²) in [6.07, 6.45) is 4.43. The number of nitrogens with one attached hydrogen (secondary N) is 2. The van der Waals surface area contributed by atoms with E-state index in [2.05, 4.69) is 37.6 Å². The third-order valence-corrected chi connectivity index (χ3v) is 6.65. The Kier molecular flexibility index (Phi) is 6.71. The van der Waals surface area contributed by atoms with Gasteiger partial charge in [0.15, 0.2) is 17.5 Å². The monoisotopic (exact) mass is 531 g/mol. The quantitative estimate of drug-likeness (QED) is 0.394. The summed E-state index contributed by atoms with van der Waals surface area (Å²) in [5.41, 5.74) is 3.37. The molecule has 2 aliphatic rings. The molecule has 0 bridgehead atoms. The lowest BCUT2D eigenvalue weighted by molar-refractivity contribution is 0.0984. The maximum absolute atomic E-state index is 13.4. The number of halogens is 1. The molecule has 1 atom stereocenters. The fourth-order valence-electron chi connectivity index (χ4n) is 4.72. The molecule has 0 saturated carbocycles. The molecule has 0 spiro atoms. The van der Waals surface area contributed by atoms with Crippen LogP contribution in [0.2, 0.25) is 0 Å². The number of rotatable bonds is 5. The second-order valence-corrected chi connectivity index (χ2v) is 9.33. The van der Waals surface area contributed by atoms with Crippen LogP contribution in [0, 0.1) is 5.82 Å². The van der Waals surface area contributed by atoms with Gasteiger partial charge in [-0.25, -0.2) is 29.1 Å². The summed E-state index contributed by atoms with van der Waals surface area (Å²) in [4.78, 5) is 34.8. The number of carbonyl (C=O) groups is 1. The van der Waals surface area contributed by atoms with Gasteiger partial charge in [0.05, 0.1) is 43.9 Å². The Balaban J connectivity index is 1.29. The molecule has 200 valence electrons. The number of hydrogen-bond donors (Lipinski definition) is 2. The van der Waals surface area contributed by atoms with Gasteiger partial charge in [-0.15, -0.1) is 0 Å². The molecule has 1 fully saturated rings. The second kappa shape index (κ2) is 10.6. The van der Waals surface area contributed by atoms with Gasteiger partial charge < -0.3 is 24.4 Å². The summed E-state index contributed by atoms with van der Waals surface area (Å²) in [5.74, 6) is 1.78. The van der Waals surface area contributed by atoms with Crippen LogP contribution < -0.4 is 20.4 Å². The van der Waals surface area contributed by atoms with E-state index in [1.807, 2.05) is 17.0 Å². The average molecular weight is 532 g/mol. The summed E-state index contributed by atoms with van der Waals surface area (Å²) in [7, 11) is 0. The molecule has 13 heteroatoms. The van der Waals surface area contributed by atoms with E-state index < -0.39 is 11.8 Å². The van der Waals surface area contributed by atoms with Crippen molar-refractivity contribution in [2.45, 2.75) is 25.9 Å². The molecule has 4 aromatic rings. The first-order valence-corrected chi connectivity index (χ1v) is 12.6. The fraction of sp³-hybridized carbons (Fsp3) is 0.308. The van der Waals surface area contributed by atoms with E-state index >= 15 is 0 Å². The highest BCUT2D eigenvalue weighted by molar-refractivity contribution is 5.99. The van der Waals surface area contributed by atoms with Crippen LogP contribution in [-0.2, 0) is 17.7 Å². The van der Waals surface area contributed by atoms with Crippen molar-refractivity contribution in [2.24, 2.45) is 0 Å². The Bertz CT molecular complexity index is 1450. The van der Waals surface area contributed by atoms with Crippen molar-refractivity contribution in [1.82, 2.24) is 25.1 Å². The Morgan fingerprint density at radius 2 is 1.90 bits per heavy atom. The van der Waals surface area contributed by atoms with Crippen molar-refractivity contribution >= 4 is 29.3 Å². The molecule has 2 amide bonds. The molecule has 6 rings (SSSR count). The lowest BCUT2D eigenvalue weighted by atomic mass is 10.0. The van der Waals surface area contributed by atoms with Crippen molar-refractivity contribution in [3.05, 3.63) is 66.1 Å². The van der Waals surface area contributed by atoms with Crippen LogP contribution in [0.25, 0.3) is 11.4 Å². The minimum Gasteiger partial charge on any atom is -0.377 e. The van der Waals surface area contributed by atoms with E-state index in [0.29, 0.717) is 56.0 Å². The first-order valence-electron chi connectivity index (χ1n) is 12.6. The van der Waals surface area contributed by atoms with Gasteiger partial charge >= 0.3 is 6.03 Å². The van der Waals surface area contributed by atoms with Crippen LogP contribution in [0.15, 0.2) is 53.5 Å². The highest BCUT2D eigenvalue weighted by Gasteiger charge is 2.29. The van der Waals surface area contributed by atoms with E-state index in [1.165, 1.54) is 18.7 Å². The third-order valence-electron chi connectivity index (χ3n) is 6.65. The molecule has 0 radical (unpaired) electrons. The van der Waals surface area contributed by atoms with E-state index in [-0.39, 0.29) is 6.04 Å². The zero-order valence-electron chi connectivity index (χ0n) is 21.2. The standard InChI is InChI=1S/C26H26FN9O3/c1-16-15-38-11-9-36(16)24-20-6-8-35(25-28-12-18(27)13-29-25)14-21(20)31-23(33-24)17-2-4-19(5-3-17)30-26(37)32-22-7-10-39-34-22/h2-5,7,10,12-13,16H,6,8-9,11,14-15H2,1H3,(H2,30,32,34,37). The minimum atomic E-state index is -0.474. The predicted octanol–water partition coefficient (Wildman–Crippen LogP) is 3.49. The largest absolute Gasteiger partial charge is 0.377 e. The van der Waals surface area contributed by atoms with Crippen molar-refractivity contribution < 1.29 is 18.4 Å². The lowest BCUT2D eigenvalue weighted by Crippen LogP contribution is -2.45. The number of ether oxygens (including phenoxy) is 1. The molecule has 2 aliphatic heterocycles. The lowest BCUT2D eigenvalue weighted by Gasteiger charge is -2.37. The van der Waals surface area contributed by atoms with E-state index in [0.717, 1.165) is 29.2 Å². The number of benzene rings is 1. The number of morpholine rings is 1. The van der Waals surface area contributed by atoms with Crippen LogP contribution in [0.1, 0.15) is 18.2 Å².